The topological polar surface area (TPSA) is 141 Å². The van der Waals surface area contributed by atoms with Gasteiger partial charge in [0.2, 0.25) is 11.7 Å². The first-order chi connectivity index (χ1) is 23.7. The Labute approximate surface area is 288 Å². The van der Waals surface area contributed by atoms with Gasteiger partial charge in [-0.2, -0.15) is 0 Å². The normalized spacial score (nSPS) is 16.8. The molecule has 0 aromatic heterocycles. The summed E-state index contributed by atoms with van der Waals surface area (Å²) in [6.45, 7) is 2.15. The second-order valence-corrected chi connectivity index (χ2v) is 12.2. The highest BCUT2D eigenvalue weighted by molar-refractivity contribution is 5.98. The van der Waals surface area contributed by atoms with Crippen LogP contribution in [0.15, 0.2) is 54.6 Å². The molecular formula is C39H47NO9. The number of nitrogens with one attached hydrogen (secondary N) is 1. The fraction of sp³-hybridized carbons (Fsp3) is 0.410. The first kappa shape index (κ1) is 36.8. The number of carbonyl (C=O) groups excluding carboxylic acids is 3. The van der Waals surface area contributed by atoms with Gasteiger partial charge in [-0.25, -0.2) is 4.79 Å². The highest BCUT2D eigenvalue weighted by Gasteiger charge is 2.32. The number of cyclic esters (lactones) is 1. The fourth-order valence-electron chi connectivity index (χ4n) is 6.13. The third-order valence-corrected chi connectivity index (χ3v) is 8.69. The van der Waals surface area contributed by atoms with Gasteiger partial charge in [-0.15, -0.1) is 0 Å². The van der Waals surface area contributed by atoms with E-state index in [1.54, 1.807) is 31.2 Å². The fourth-order valence-corrected chi connectivity index (χ4v) is 6.13. The number of hydrogen-bond acceptors (Lipinski definition) is 9. The highest BCUT2D eigenvalue weighted by Crippen LogP contribution is 2.47. The molecule has 0 saturated heterocycles. The number of benzene rings is 3. The minimum absolute atomic E-state index is 0.0165. The van der Waals surface area contributed by atoms with Crippen molar-refractivity contribution < 1.29 is 43.5 Å². The van der Waals surface area contributed by atoms with Crippen molar-refractivity contribution >= 4 is 23.7 Å². The molecule has 3 aromatic carbocycles. The maximum Gasteiger partial charge on any atom is 0.342 e. The molecule has 10 heteroatoms. The number of carbonyl (C=O) groups is 3. The van der Waals surface area contributed by atoms with Crippen LogP contribution in [0.25, 0.3) is 6.08 Å². The quantitative estimate of drug-likeness (QED) is 0.147. The van der Waals surface area contributed by atoms with Gasteiger partial charge < -0.3 is 34.5 Å². The van der Waals surface area contributed by atoms with Crippen molar-refractivity contribution in [3.63, 3.8) is 0 Å². The van der Waals surface area contributed by atoms with E-state index in [9.17, 15) is 24.6 Å². The van der Waals surface area contributed by atoms with E-state index in [2.05, 4.69) is 5.32 Å². The Bertz CT molecular complexity index is 1610. The second-order valence-electron chi connectivity index (χ2n) is 12.2. The van der Waals surface area contributed by atoms with Crippen molar-refractivity contribution in [2.24, 2.45) is 0 Å². The number of ether oxygens (including phenoxy) is 4. The number of ketones is 1. The van der Waals surface area contributed by atoms with Crippen molar-refractivity contribution in [2.75, 3.05) is 27.9 Å². The molecule has 4 rings (SSSR count). The van der Waals surface area contributed by atoms with Crippen molar-refractivity contribution in [2.45, 2.75) is 76.7 Å². The van der Waals surface area contributed by atoms with Crippen LogP contribution in [0.3, 0.4) is 0 Å². The molecule has 49 heavy (non-hydrogen) atoms. The molecule has 1 aliphatic heterocycles. The number of fused-ring (bicyclic) bond motifs is 1. The number of esters is 1. The Hall–Kier alpha value is -4.99. The van der Waals surface area contributed by atoms with E-state index >= 15 is 0 Å². The van der Waals surface area contributed by atoms with Crippen LogP contribution in [-0.2, 0) is 20.7 Å². The van der Waals surface area contributed by atoms with E-state index in [-0.39, 0.29) is 40.6 Å². The molecule has 0 radical (unpaired) electrons. The van der Waals surface area contributed by atoms with Gasteiger partial charge in [-0.3, -0.25) is 9.59 Å². The van der Waals surface area contributed by atoms with Crippen molar-refractivity contribution in [3.05, 3.63) is 82.4 Å². The van der Waals surface area contributed by atoms with Crippen LogP contribution >= 0.6 is 0 Å². The first-order valence-corrected chi connectivity index (χ1v) is 16.7. The summed E-state index contributed by atoms with van der Waals surface area (Å²) < 4.78 is 22.4. The zero-order valence-corrected chi connectivity index (χ0v) is 28.8. The lowest BCUT2D eigenvalue weighted by atomic mass is 9.84. The Morgan fingerprint density at radius 1 is 0.980 bits per heavy atom. The lowest BCUT2D eigenvalue weighted by Gasteiger charge is -2.24. The summed E-state index contributed by atoms with van der Waals surface area (Å²) in [6.07, 6.45) is 7.35. The largest absolute Gasteiger partial charge is 0.507 e. The third-order valence-electron chi connectivity index (χ3n) is 8.69. The van der Waals surface area contributed by atoms with E-state index in [1.165, 1.54) is 27.4 Å². The van der Waals surface area contributed by atoms with Crippen LogP contribution in [0.2, 0.25) is 0 Å². The predicted octanol–water partition coefficient (Wildman–Crippen LogP) is 6.88. The van der Waals surface area contributed by atoms with Gasteiger partial charge in [0.25, 0.3) is 0 Å². The molecule has 10 nitrogen and oxygen atoms in total. The average Bonchev–Trinajstić information content (AvgIpc) is 3.08. The summed E-state index contributed by atoms with van der Waals surface area (Å²) in [4.78, 5) is 39.4. The van der Waals surface area contributed by atoms with E-state index in [4.69, 9.17) is 18.9 Å². The van der Waals surface area contributed by atoms with Gasteiger partial charge in [0.05, 0.1) is 27.4 Å². The number of methoxy groups -OCH3 is 3. The molecule has 1 amide bonds. The number of phenolic OH excluding ortho intramolecular Hbond substituents is 2. The van der Waals surface area contributed by atoms with Gasteiger partial charge in [0, 0.05) is 37.3 Å². The molecule has 0 bridgehead atoms. The molecule has 0 aliphatic carbocycles. The first-order valence-electron chi connectivity index (χ1n) is 16.7. The average molecular weight is 674 g/mol. The molecular weight excluding hydrogens is 626 g/mol. The number of rotatable bonds is 11. The van der Waals surface area contributed by atoms with E-state index in [0.29, 0.717) is 74.3 Å². The number of aryl methyl sites for hydroxylation is 1. The number of allylic oxidation sites excluding steroid dienone is 1. The molecule has 1 unspecified atom stereocenters. The molecule has 1 aliphatic rings. The predicted molar refractivity (Wildman–Crippen MR) is 187 cm³/mol. The van der Waals surface area contributed by atoms with Crippen molar-refractivity contribution in [3.8, 4) is 28.7 Å². The monoisotopic (exact) mass is 673 g/mol. The Kier molecular flexibility index (Phi) is 13.5. The van der Waals surface area contributed by atoms with Crippen LogP contribution in [-0.4, -0.2) is 61.9 Å². The van der Waals surface area contributed by atoms with Gasteiger partial charge in [-0.1, -0.05) is 42.5 Å². The summed E-state index contributed by atoms with van der Waals surface area (Å²) in [5.41, 5.74) is 1.76. The van der Waals surface area contributed by atoms with Gasteiger partial charge in [0.15, 0.2) is 11.5 Å². The Morgan fingerprint density at radius 3 is 2.35 bits per heavy atom. The highest BCUT2D eigenvalue weighted by atomic mass is 16.5. The number of hydrogen-bond donors (Lipinski definition) is 3. The van der Waals surface area contributed by atoms with E-state index in [1.807, 2.05) is 30.3 Å². The molecule has 1 heterocycles. The summed E-state index contributed by atoms with van der Waals surface area (Å²) >= 11 is 0. The van der Waals surface area contributed by atoms with Gasteiger partial charge in [-0.05, 0) is 80.3 Å². The zero-order chi connectivity index (χ0) is 35.3. The van der Waals surface area contributed by atoms with Crippen LogP contribution in [0.1, 0.15) is 96.8 Å². The molecule has 2 atom stereocenters. The number of amides is 1. The standard InChI is InChI=1S/C39H47NO9/c1-25-13-11-19-29(41)18-10-6-9-17-27-21-31(42)36(37(44)35(27)39(45)49-25)30(28-22-32(46-2)38(48-4)33(23-28)47-3)24-34(43)40-20-12-16-26-14-7-5-8-15-26/h5,7-9,14-15,17,21-23,25,30,42,44H,6,10-13,16,18-20,24H2,1-4H3,(H,40,43)/b17-9+/t25-,30?/m0/s1. The minimum Gasteiger partial charge on any atom is -0.507 e. The molecule has 0 spiro atoms. The van der Waals surface area contributed by atoms with Crippen molar-refractivity contribution in [1.29, 1.82) is 0 Å². The lowest BCUT2D eigenvalue weighted by molar-refractivity contribution is -0.121. The van der Waals surface area contributed by atoms with E-state index < -0.39 is 23.7 Å². The zero-order valence-electron chi connectivity index (χ0n) is 28.8. The number of Topliss-reactive ketones (excluding diaryl/α,β-unsaturated/α-hetero) is 1. The summed E-state index contributed by atoms with van der Waals surface area (Å²) in [7, 11) is 4.41. The third kappa shape index (κ3) is 9.78. The van der Waals surface area contributed by atoms with Crippen LogP contribution < -0.4 is 19.5 Å². The SMILES string of the molecule is COc1cc(C(CC(=O)NCCCc2ccccc2)c2c(O)cc3c(c2O)C(=O)O[C@@H](C)CCCC(=O)CCC/C=C/3)cc(OC)c1OC. The Balaban J connectivity index is 1.77. The molecule has 0 saturated carbocycles. The maximum atomic E-state index is 13.7. The van der Waals surface area contributed by atoms with Crippen LogP contribution in [0.4, 0.5) is 0 Å². The minimum atomic E-state index is -0.943. The molecule has 3 N–H and O–H groups in total. The molecule has 0 fully saturated rings. The van der Waals surface area contributed by atoms with E-state index in [0.717, 1.165) is 12.0 Å². The summed E-state index contributed by atoms with van der Waals surface area (Å²) in [5, 5.41) is 26.4. The van der Waals surface area contributed by atoms with Crippen LogP contribution in [0.5, 0.6) is 28.7 Å². The molecule has 3 aromatic rings. The maximum absolute atomic E-state index is 13.7. The summed E-state index contributed by atoms with van der Waals surface area (Å²) in [5.74, 6) is -1.71. The number of phenols is 2. The lowest BCUT2D eigenvalue weighted by Crippen LogP contribution is -2.27. The Morgan fingerprint density at radius 2 is 1.67 bits per heavy atom. The smallest absolute Gasteiger partial charge is 0.342 e. The van der Waals surface area contributed by atoms with Crippen LogP contribution in [0, 0.1) is 0 Å². The van der Waals surface area contributed by atoms with Gasteiger partial charge >= 0.3 is 5.97 Å². The summed E-state index contributed by atoms with van der Waals surface area (Å²) in [6, 6.07) is 14.7. The van der Waals surface area contributed by atoms with Crippen molar-refractivity contribution in [1.82, 2.24) is 5.32 Å². The number of aromatic hydroxyl groups is 2. The molecule has 262 valence electrons. The second kappa shape index (κ2) is 18.0. The van der Waals surface area contributed by atoms with Gasteiger partial charge in [0.1, 0.15) is 22.8 Å².